The molecular weight excluding hydrogens is 450 g/mol. The van der Waals surface area contributed by atoms with Crippen molar-refractivity contribution < 1.29 is 13.7 Å². The number of halogens is 1. The average Bonchev–Trinajstić information content (AvgIpc) is 3.16. The molecular formula is C22H26ClN5O3S. The molecule has 1 aromatic heterocycles. The maximum atomic E-state index is 11.9. The SMILES string of the molecule is C=C=S(C)(=O)Nc1ccc(CNC(=O)OCCCCC2C=Nc3c(N)cc(Cl)nc32)cc1. The first kappa shape index (κ1) is 23.7. The van der Waals surface area contributed by atoms with Crippen molar-refractivity contribution >= 4 is 55.7 Å². The van der Waals surface area contributed by atoms with E-state index in [9.17, 15) is 9.00 Å². The summed E-state index contributed by atoms with van der Waals surface area (Å²) >= 11 is 5.99. The van der Waals surface area contributed by atoms with Crippen LogP contribution in [-0.4, -0.2) is 39.4 Å². The molecule has 0 fully saturated rings. The van der Waals surface area contributed by atoms with E-state index in [4.69, 9.17) is 22.1 Å². The van der Waals surface area contributed by atoms with Gasteiger partial charge in [0.05, 0.1) is 27.7 Å². The molecule has 0 bridgehead atoms. The van der Waals surface area contributed by atoms with Gasteiger partial charge in [0, 0.05) is 36.7 Å². The first-order valence-electron chi connectivity index (χ1n) is 10.1. The number of hydrogen-bond donors (Lipinski definition) is 3. The van der Waals surface area contributed by atoms with Gasteiger partial charge in [-0.25, -0.2) is 14.0 Å². The number of nitrogens with zero attached hydrogens (tertiary/aromatic N) is 2. The van der Waals surface area contributed by atoms with Crippen LogP contribution in [0.15, 0.2) is 41.9 Å². The molecule has 1 aromatic carbocycles. The Kier molecular flexibility index (Phi) is 7.80. The Labute approximate surface area is 193 Å². The number of amides is 1. The lowest BCUT2D eigenvalue weighted by Crippen LogP contribution is -2.24. The highest BCUT2D eigenvalue weighted by atomic mass is 35.5. The molecule has 2 unspecified atom stereocenters. The second-order valence-corrected chi connectivity index (χ2v) is 9.99. The molecule has 0 spiro atoms. The van der Waals surface area contributed by atoms with Gasteiger partial charge in [-0.3, -0.25) is 4.99 Å². The van der Waals surface area contributed by atoms with Gasteiger partial charge in [0.1, 0.15) is 10.8 Å². The molecule has 10 heteroatoms. The zero-order valence-electron chi connectivity index (χ0n) is 17.8. The minimum atomic E-state index is -2.42. The molecule has 2 heterocycles. The Bertz CT molecular complexity index is 1150. The topological polar surface area (TPSA) is 119 Å². The van der Waals surface area contributed by atoms with Crippen molar-refractivity contribution in [1.29, 1.82) is 0 Å². The van der Waals surface area contributed by atoms with Gasteiger partial charge in [-0.1, -0.05) is 23.7 Å². The van der Waals surface area contributed by atoms with E-state index in [1.165, 1.54) is 6.26 Å². The third-order valence-electron chi connectivity index (χ3n) is 4.87. The maximum Gasteiger partial charge on any atom is 0.407 e. The summed E-state index contributed by atoms with van der Waals surface area (Å²) in [6, 6.07) is 8.82. The largest absolute Gasteiger partial charge is 0.450 e. The summed E-state index contributed by atoms with van der Waals surface area (Å²) in [5.74, 6) is 0.0720. The lowest BCUT2D eigenvalue weighted by atomic mass is 10.00. The van der Waals surface area contributed by atoms with Crippen molar-refractivity contribution in [3.8, 4) is 0 Å². The predicted molar refractivity (Wildman–Crippen MR) is 131 cm³/mol. The van der Waals surface area contributed by atoms with E-state index in [0.717, 1.165) is 30.5 Å². The third kappa shape index (κ3) is 6.50. The zero-order valence-corrected chi connectivity index (χ0v) is 19.3. The number of ether oxygens (including phenoxy) is 1. The van der Waals surface area contributed by atoms with Gasteiger partial charge in [-0.2, -0.15) is 0 Å². The highest BCUT2D eigenvalue weighted by Gasteiger charge is 2.23. The molecule has 0 radical (unpaired) electrons. The fourth-order valence-electron chi connectivity index (χ4n) is 3.20. The molecule has 8 nitrogen and oxygen atoms in total. The second kappa shape index (κ2) is 10.5. The number of carbonyl (C=O) groups is 1. The molecule has 2 atom stereocenters. The highest BCUT2D eigenvalue weighted by molar-refractivity contribution is 8.01. The number of nitrogens with one attached hydrogen (secondary N) is 2. The molecule has 4 N–H and O–H groups in total. The van der Waals surface area contributed by atoms with Crippen LogP contribution in [0.2, 0.25) is 5.15 Å². The minimum Gasteiger partial charge on any atom is -0.450 e. The van der Waals surface area contributed by atoms with Crippen LogP contribution in [0, 0.1) is 0 Å². The number of alkyl carbamates (subject to hydrolysis) is 1. The Morgan fingerprint density at radius 2 is 2.09 bits per heavy atom. The summed E-state index contributed by atoms with van der Waals surface area (Å²) in [5, 5.41) is 5.55. The summed E-state index contributed by atoms with van der Waals surface area (Å²) in [7, 11) is -2.42. The Morgan fingerprint density at radius 3 is 2.81 bits per heavy atom. The second-order valence-electron chi connectivity index (χ2n) is 7.42. The summed E-state index contributed by atoms with van der Waals surface area (Å²) in [5.41, 5.74) is 9.54. The normalized spacial score (nSPS) is 16.0. The van der Waals surface area contributed by atoms with Crippen LogP contribution in [-0.2, 0) is 21.0 Å². The molecule has 170 valence electrons. The standard InChI is InChI=1S/C22H26ClN5O3S/c1-3-32(2,30)28-17-9-7-15(8-10-17)13-26-22(29)31-11-5-4-6-16-14-25-21-18(24)12-19(23)27-20(16)21/h7-10,12,14,16H,1,4-6,11,13H2,2H3,(H2,24,27)(H,26,29)(H,28,30). The number of rotatable bonds is 9. The molecule has 32 heavy (non-hydrogen) atoms. The number of hydrogen-bond acceptors (Lipinski definition) is 6. The Balaban J connectivity index is 1.34. The van der Waals surface area contributed by atoms with Gasteiger partial charge in [0.25, 0.3) is 0 Å². The first-order valence-corrected chi connectivity index (χ1v) is 12.4. The van der Waals surface area contributed by atoms with Crippen molar-refractivity contribution in [1.82, 2.24) is 10.3 Å². The summed E-state index contributed by atoms with van der Waals surface area (Å²) in [6.07, 6.45) is 5.28. The fraction of sp³-hybridized carbons (Fsp3) is 0.318. The van der Waals surface area contributed by atoms with Crippen molar-refractivity contribution in [2.45, 2.75) is 31.7 Å². The van der Waals surface area contributed by atoms with Crippen LogP contribution in [0.3, 0.4) is 0 Å². The van der Waals surface area contributed by atoms with E-state index in [1.807, 2.05) is 18.3 Å². The van der Waals surface area contributed by atoms with E-state index in [-0.39, 0.29) is 5.92 Å². The van der Waals surface area contributed by atoms with Crippen LogP contribution in [0.25, 0.3) is 0 Å². The van der Waals surface area contributed by atoms with Crippen LogP contribution in [0.5, 0.6) is 0 Å². The predicted octanol–water partition coefficient (Wildman–Crippen LogP) is 4.04. The van der Waals surface area contributed by atoms with E-state index < -0.39 is 15.8 Å². The number of benzene rings is 1. The molecule has 0 saturated heterocycles. The van der Waals surface area contributed by atoms with Gasteiger partial charge < -0.3 is 20.5 Å². The van der Waals surface area contributed by atoms with Crippen LogP contribution >= 0.6 is 11.6 Å². The molecule has 0 saturated carbocycles. The van der Waals surface area contributed by atoms with Gasteiger partial charge in [0.2, 0.25) is 0 Å². The Hall–Kier alpha value is -3.00. The zero-order chi connectivity index (χ0) is 23.1. The summed E-state index contributed by atoms with van der Waals surface area (Å²) < 4.78 is 20.0. The summed E-state index contributed by atoms with van der Waals surface area (Å²) in [6.45, 7) is 4.07. The van der Waals surface area contributed by atoms with Crippen molar-refractivity contribution in [3.63, 3.8) is 0 Å². The number of fused-ring (bicyclic) bond motifs is 1. The minimum absolute atomic E-state index is 0.0720. The molecule has 2 aromatic rings. The van der Waals surface area contributed by atoms with Gasteiger partial charge in [0.15, 0.2) is 0 Å². The molecule has 3 rings (SSSR count). The van der Waals surface area contributed by atoms with E-state index in [1.54, 1.807) is 18.2 Å². The third-order valence-corrected chi connectivity index (χ3v) is 6.24. The molecule has 1 aliphatic rings. The van der Waals surface area contributed by atoms with E-state index >= 15 is 0 Å². The highest BCUT2D eigenvalue weighted by Crippen LogP contribution is 2.38. The number of anilines is 2. The maximum absolute atomic E-state index is 11.9. The first-order chi connectivity index (χ1) is 15.3. The van der Waals surface area contributed by atoms with Crippen molar-refractivity contribution in [2.75, 3.05) is 23.3 Å². The number of nitrogen functional groups attached to an aromatic ring is 1. The fourth-order valence-corrected chi connectivity index (χ4v) is 4.07. The Morgan fingerprint density at radius 1 is 1.34 bits per heavy atom. The van der Waals surface area contributed by atoms with Gasteiger partial charge in [-0.05, 0) is 48.6 Å². The molecule has 0 aliphatic carbocycles. The van der Waals surface area contributed by atoms with Crippen LogP contribution in [0.1, 0.15) is 36.4 Å². The number of aliphatic imine (C=N–C) groups is 1. The van der Waals surface area contributed by atoms with E-state index in [2.05, 4.69) is 31.6 Å². The van der Waals surface area contributed by atoms with Gasteiger partial charge in [-0.15, -0.1) is 0 Å². The van der Waals surface area contributed by atoms with E-state index in [0.29, 0.717) is 35.4 Å². The van der Waals surface area contributed by atoms with Crippen molar-refractivity contribution in [3.05, 3.63) is 53.3 Å². The number of carbonyl (C=O) groups excluding carboxylic acids is 1. The lowest BCUT2D eigenvalue weighted by molar-refractivity contribution is 0.143. The van der Waals surface area contributed by atoms with Crippen molar-refractivity contribution in [2.24, 2.45) is 4.99 Å². The molecule has 1 aliphatic heterocycles. The number of nitrogens with two attached hydrogens (primary N) is 1. The number of unbranched alkanes of at least 4 members (excludes halogenated alkanes) is 1. The van der Waals surface area contributed by atoms with Gasteiger partial charge >= 0.3 is 6.09 Å². The smallest absolute Gasteiger partial charge is 0.407 e. The number of pyridine rings is 1. The number of aromatic nitrogens is 1. The summed E-state index contributed by atoms with van der Waals surface area (Å²) in [4.78, 5) is 20.6. The quantitative estimate of drug-likeness (QED) is 0.287. The average molecular weight is 476 g/mol. The van der Waals surface area contributed by atoms with Crippen LogP contribution < -0.4 is 15.8 Å². The lowest BCUT2D eigenvalue weighted by Gasteiger charge is -2.11. The monoisotopic (exact) mass is 475 g/mol. The van der Waals surface area contributed by atoms with Crippen LogP contribution in [0.4, 0.5) is 21.9 Å². The molecule has 1 amide bonds.